The molecule has 0 N–H and O–H groups in total. The Hall–Kier alpha value is -0.800. The molecule has 0 aromatic carbocycles. The number of nitrogens with zero attached hydrogens (tertiary/aromatic N) is 2. The molecule has 0 radical (unpaired) electrons. The molecule has 1 aromatic rings. The first-order valence-electron chi connectivity index (χ1n) is 4.58. The Balaban J connectivity index is 2.28. The lowest BCUT2D eigenvalue weighted by Crippen LogP contribution is -2.15. The molecule has 0 aliphatic rings. The highest BCUT2D eigenvalue weighted by molar-refractivity contribution is 6.30. The summed E-state index contributed by atoms with van der Waals surface area (Å²) in [6.45, 7) is 1.68. The van der Waals surface area contributed by atoms with Gasteiger partial charge in [-0.05, 0) is 32.6 Å². The van der Waals surface area contributed by atoms with Gasteiger partial charge in [-0.3, -0.25) is 0 Å². The number of rotatable bonds is 5. The fraction of sp³-hybridized carbons (Fsp3) is 0.500. The standard InChI is InChI=1S/C10H15ClN2O/c1-13(2)7-4-8-14-9-5-3-6-12-10(9)11/h3,5-6H,4,7-8H2,1-2H3. The van der Waals surface area contributed by atoms with Gasteiger partial charge in [0.1, 0.15) is 0 Å². The quantitative estimate of drug-likeness (QED) is 0.554. The fourth-order valence-electron chi connectivity index (χ4n) is 1.04. The fourth-order valence-corrected chi connectivity index (χ4v) is 1.22. The van der Waals surface area contributed by atoms with Crippen LogP contribution >= 0.6 is 11.6 Å². The minimum absolute atomic E-state index is 0.428. The zero-order valence-electron chi connectivity index (χ0n) is 8.53. The second-order valence-corrected chi connectivity index (χ2v) is 3.66. The van der Waals surface area contributed by atoms with E-state index in [9.17, 15) is 0 Å². The van der Waals surface area contributed by atoms with Gasteiger partial charge in [-0.25, -0.2) is 4.98 Å². The van der Waals surface area contributed by atoms with Crippen molar-refractivity contribution in [3.8, 4) is 5.75 Å². The maximum Gasteiger partial charge on any atom is 0.171 e. The predicted molar refractivity (Wildman–Crippen MR) is 57.9 cm³/mol. The second kappa shape index (κ2) is 5.83. The number of hydrogen-bond donors (Lipinski definition) is 0. The lowest BCUT2D eigenvalue weighted by Gasteiger charge is -2.10. The van der Waals surface area contributed by atoms with Gasteiger partial charge in [-0.15, -0.1) is 0 Å². The van der Waals surface area contributed by atoms with Crippen molar-refractivity contribution in [1.82, 2.24) is 9.88 Å². The van der Waals surface area contributed by atoms with E-state index in [4.69, 9.17) is 16.3 Å². The van der Waals surface area contributed by atoms with Crippen molar-refractivity contribution in [3.05, 3.63) is 23.5 Å². The second-order valence-electron chi connectivity index (χ2n) is 3.30. The van der Waals surface area contributed by atoms with Gasteiger partial charge in [0, 0.05) is 12.7 Å². The van der Waals surface area contributed by atoms with Crippen LogP contribution in [0.1, 0.15) is 6.42 Å². The van der Waals surface area contributed by atoms with Gasteiger partial charge in [0.15, 0.2) is 10.9 Å². The van der Waals surface area contributed by atoms with Crippen molar-refractivity contribution in [2.24, 2.45) is 0 Å². The molecule has 14 heavy (non-hydrogen) atoms. The highest BCUT2D eigenvalue weighted by atomic mass is 35.5. The Bertz CT molecular complexity index is 279. The molecule has 1 heterocycles. The Morgan fingerprint density at radius 3 is 2.93 bits per heavy atom. The van der Waals surface area contributed by atoms with Crippen LogP contribution in [-0.4, -0.2) is 37.1 Å². The molecule has 0 aliphatic carbocycles. The molecule has 1 rings (SSSR count). The first-order chi connectivity index (χ1) is 6.70. The van der Waals surface area contributed by atoms with Gasteiger partial charge in [-0.1, -0.05) is 11.6 Å². The van der Waals surface area contributed by atoms with Crippen LogP contribution in [0, 0.1) is 0 Å². The first-order valence-corrected chi connectivity index (χ1v) is 4.96. The molecule has 3 nitrogen and oxygen atoms in total. The van der Waals surface area contributed by atoms with Crippen molar-refractivity contribution in [3.63, 3.8) is 0 Å². The zero-order valence-corrected chi connectivity index (χ0v) is 9.29. The summed E-state index contributed by atoms with van der Waals surface area (Å²) in [6, 6.07) is 3.64. The number of aromatic nitrogens is 1. The molecular formula is C10H15ClN2O. The van der Waals surface area contributed by atoms with Crippen LogP contribution in [0.25, 0.3) is 0 Å². The smallest absolute Gasteiger partial charge is 0.171 e. The summed E-state index contributed by atoms with van der Waals surface area (Å²) in [4.78, 5) is 6.04. The van der Waals surface area contributed by atoms with Crippen molar-refractivity contribution in [1.29, 1.82) is 0 Å². The lowest BCUT2D eigenvalue weighted by molar-refractivity contribution is 0.281. The maximum absolute atomic E-state index is 5.82. The Kier molecular flexibility index (Phi) is 4.70. The van der Waals surface area contributed by atoms with Crippen LogP contribution in [0.2, 0.25) is 5.15 Å². The van der Waals surface area contributed by atoms with Crippen molar-refractivity contribution in [2.45, 2.75) is 6.42 Å². The number of ether oxygens (including phenoxy) is 1. The summed E-state index contributed by atoms with van der Waals surface area (Å²) in [6.07, 6.45) is 2.63. The first kappa shape index (κ1) is 11.3. The summed E-state index contributed by atoms with van der Waals surface area (Å²) >= 11 is 5.82. The van der Waals surface area contributed by atoms with E-state index in [1.54, 1.807) is 6.20 Å². The molecule has 0 bridgehead atoms. The Morgan fingerprint density at radius 1 is 1.50 bits per heavy atom. The summed E-state index contributed by atoms with van der Waals surface area (Å²) in [7, 11) is 4.08. The van der Waals surface area contributed by atoms with E-state index in [-0.39, 0.29) is 0 Å². The largest absolute Gasteiger partial charge is 0.490 e. The van der Waals surface area contributed by atoms with E-state index in [1.807, 2.05) is 26.2 Å². The van der Waals surface area contributed by atoms with E-state index in [0.29, 0.717) is 17.5 Å². The van der Waals surface area contributed by atoms with E-state index in [0.717, 1.165) is 13.0 Å². The molecule has 1 aromatic heterocycles. The summed E-state index contributed by atoms with van der Waals surface area (Å²) in [5, 5.41) is 0.428. The normalized spacial score (nSPS) is 10.6. The SMILES string of the molecule is CN(C)CCCOc1cccnc1Cl. The Labute approximate surface area is 89.7 Å². The topological polar surface area (TPSA) is 25.4 Å². The summed E-state index contributed by atoms with van der Waals surface area (Å²) in [5.74, 6) is 0.660. The van der Waals surface area contributed by atoms with Crippen molar-refractivity contribution in [2.75, 3.05) is 27.2 Å². The molecule has 4 heteroatoms. The minimum atomic E-state index is 0.428. The van der Waals surface area contributed by atoms with E-state index in [2.05, 4.69) is 9.88 Å². The molecule has 0 spiro atoms. The predicted octanol–water partition coefficient (Wildman–Crippen LogP) is 2.07. The van der Waals surface area contributed by atoms with E-state index < -0.39 is 0 Å². The van der Waals surface area contributed by atoms with Gasteiger partial charge < -0.3 is 9.64 Å². The molecule has 0 saturated carbocycles. The van der Waals surface area contributed by atoms with Crippen molar-refractivity contribution >= 4 is 11.6 Å². The highest BCUT2D eigenvalue weighted by Crippen LogP contribution is 2.20. The van der Waals surface area contributed by atoms with E-state index in [1.165, 1.54) is 0 Å². The average molecular weight is 215 g/mol. The minimum Gasteiger partial charge on any atom is -0.490 e. The van der Waals surface area contributed by atoms with Crippen LogP contribution < -0.4 is 4.74 Å². The molecular weight excluding hydrogens is 200 g/mol. The van der Waals surface area contributed by atoms with Gasteiger partial charge in [0.05, 0.1) is 6.61 Å². The molecule has 0 fully saturated rings. The average Bonchev–Trinajstić information content (AvgIpc) is 2.15. The third-order valence-electron chi connectivity index (χ3n) is 1.73. The van der Waals surface area contributed by atoms with Gasteiger partial charge in [0.25, 0.3) is 0 Å². The van der Waals surface area contributed by atoms with Crippen LogP contribution in [0.5, 0.6) is 5.75 Å². The van der Waals surface area contributed by atoms with Crippen LogP contribution in [0.4, 0.5) is 0 Å². The molecule has 0 atom stereocenters. The molecule has 0 aliphatic heterocycles. The lowest BCUT2D eigenvalue weighted by atomic mass is 10.4. The summed E-state index contributed by atoms with van der Waals surface area (Å²) in [5.41, 5.74) is 0. The van der Waals surface area contributed by atoms with Gasteiger partial charge in [-0.2, -0.15) is 0 Å². The third kappa shape index (κ3) is 3.94. The number of hydrogen-bond acceptors (Lipinski definition) is 3. The highest BCUT2D eigenvalue weighted by Gasteiger charge is 2.00. The van der Waals surface area contributed by atoms with Crippen LogP contribution in [0.3, 0.4) is 0 Å². The molecule has 0 amide bonds. The third-order valence-corrected chi connectivity index (χ3v) is 2.02. The van der Waals surface area contributed by atoms with E-state index >= 15 is 0 Å². The zero-order chi connectivity index (χ0) is 10.4. The van der Waals surface area contributed by atoms with Gasteiger partial charge in [0.2, 0.25) is 0 Å². The van der Waals surface area contributed by atoms with Crippen LogP contribution in [-0.2, 0) is 0 Å². The monoisotopic (exact) mass is 214 g/mol. The summed E-state index contributed by atoms with van der Waals surface area (Å²) < 4.78 is 5.47. The van der Waals surface area contributed by atoms with Crippen molar-refractivity contribution < 1.29 is 4.74 Å². The Morgan fingerprint density at radius 2 is 2.29 bits per heavy atom. The maximum atomic E-state index is 5.82. The molecule has 78 valence electrons. The number of halogens is 1. The molecule has 0 unspecified atom stereocenters. The van der Waals surface area contributed by atoms with Crippen LogP contribution in [0.15, 0.2) is 18.3 Å². The number of pyridine rings is 1. The molecule has 0 saturated heterocycles. The van der Waals surface area contributed by atoms with Gasteiger partial charge >= 0.3 is 0 Å².